The molecule has 128 valence electrons. The fraction of sp³-hybridized carbons (Fsp3) is 0.235. The Hall–Kier alpha value is -2.87. The zero-order valence-corrected chi connectivity index (χ0v) is 14.0. The van der Waals surface area contributed by atoms with E-state index in [-0.39, 0.29) is 18.9 Å². The summed E-state index contributed by atoms with van der Waals surface area (Å²) in [6.07, 6.45) is 0.239. The first-order valence-corrected chi connectivity index (χ1v) is 8.67. The second-order valence-corrected chi connectivity index (χ2v) is 6.37. The summed E-state index contributed by atoms with van der Waals surface area (Å²) in [5, 5.41) is 8.64. The number of thiophene rings is 1. The maximum absolute atomic E-state index is 12.1. The Morgan fingerprint density at radius 2 is 2.08 bits per heavy atom. The van der Waals surface area contributed by atoms with Crippen molar-refractivity contribution in [3.05, 3.63) is 47.2 Å². The van der Waals surface area contributed by atoms with Crippen molar-refractivity contribution in [2.24, 2.45) is 0 Å². The van der Waals surface area contributed by atoms with Crippen molar-refractivity contribution in [3.63, 3.8) is 0 Å². The van der Waals surface area contributed by atoms with E-state index in [1.54, 1.807) is 0 Å². The minimum absolute atomic E-state index is 0.132. The van der Waals surface area contributed by atoms with Gasteiger partial charge in [-0.1, -0.05) is 17.3 Å². The molecular weight excluding hydrogens is 342 g/mol. The molecule has 0 aliphatic carbocycles. The third kappa shape index (κ3) is 3.63. The van der Waals surface area contributed by atoms with Crippen LogP contribution in [0.25, 0.3) is 10.7 Å². The molecule has 8 heteroatoms. The quantitative estimate of drug-likeness (QED) is 0.755. The first kappa shape index (κ1) is 15.6. The molecule has 1 aliphatic heterocycles. The van der Waals surface area contributed by atoms with E-state index in [9.17, 15) is 4.79 Å². The predicted molar refractivity (Wildman–Crippen MR) is 90.6 cm³/mol. The maximum Gasteiger partial charge on any atom is 0.246 e. The zero-order chi connectivity index (χ0) is 17.1. The van der Waals surface area contributed by atoms with Gasteiger partial charge in [0.25, 0.3) is 0 Å². The summed E-state index contributed by atoms with van der Waals surface area (Å²) in [5.74, 6) is 2.16. The van der Waals surface area contributed by atoms with Gasteiger partial charge in [-0.05, 0) is 29.1 Å². The third-order valence-corrected chi connectivity index (χ3v) is 4.48. The molecule has 7 nitrogen and oxygen atoms in total. The molecule has 0 fully saturated rings. The highest BCUT2D eigenvalue weighted by molar-refractivity contribution is 7.13. The summed E-state index contributed by atoms with van der Waals surface area (Å²) < 4.78 is 16.2. The van der Waals surface area contributed by atoms with Crippen LogP contribution in [0, 0.1) is 0 Å². The highest BCUT2D eigenvalue weighted by atomic mass is 32.1. The minimum atomic E-state index is -0.132. The Kier molecular flexibility index (Phi) is 4.34. The van der Waals surface area contributed by atoms with Crippen LogP contribution in [0.15, 0.2) is 40.2 Å². The van der Waals surface area contributed by atoms with E-state index in [0.717, 1.165) is 10.4 Å². The van der Waals surface area contributed by atoms with Crippen molar-refractivity contribution >= 4 is 17.2 Å². The average molecular weight is 357 g/mol. The number of amides is 1. The molecule has 0 spiro atoms. The summed E-state index contributed by atoms with van der Waals surface area (Å²) in [7, 11) is 0. The predicted octanol–water partition coefficient (Wildman–Crippen LogP) is 2.43. The van der Waals surface area contributed by atoms with E-state index in [1.807, 2.05) is 35.7 Å². The number of carbonyl (C=O) groups excluding carboxylic acids is 1. The van der Waals surface area contributed by atoms with Gasteiger partial charge in [0.05, 0.1) is 17.8 Å². The van der Waals surface area contributed by atoms with Crippen LogP contribution in [-0.4, -0.2) is 29.3 Å². The summed E-state index contributed by atoms with van der Waals surface area (Å²) in [6.45, 7) is 1.26. The summed E-state index contributed by atoms with van der Waals surface area (Å²) >= 11 is 1.53. The molecule has 1 aliphatic rings. The molecule has 0 radical (unpaired) electrons. The van der Waals surface area contributed by atoms with Gasteiger partial charge in [0.15, 0.2) is 11.5 Å². The van der Waals surface area contributed by atoms with E-state index in [4.69, 9.17) is 14.0 Å². The largest absolute Gasteiger partial charge is 0.486 e. The van der Waals surface area contributed by atoms with Gasteiger partial charge in [0.1, 0.15) is 13.2 Å². The number of rotatable bonds is 5. The number of nitrogens with zero attached hydrogens (tertiary/aromatic N) is 2. The first-order valence-electron chi connectivity index (χ1n) is 7.79. The second kappa shape index (κ2) is 6.94. The number of nitrogens with one attached hydrogen (secondary N) is 1. The third-order valence-electron chi connectivity index (χ3n) is 3.62. The van der Waals surface area contributed by atoms with E-state index in [2.05, 4.69) is 15.5 Å². The van der Waals surface area contributed by atoms with Gasteiger partial charge in [0.2, 0.25) is 17.6 Å². The molecule has 1 N–H and O–H groups in total. The zero-order valence-electron chi connectivity index (χ0n) is 13.2. The lowest BCUT2D eigenvalue weighted by atomic mass is 10.1. The summed E-state index contributed by atoms with van der Waals surface area (Å²) in [5.41, 5.74) is 0.853. The van der Waals surface area contributed by atoms with Gasteiger partial charge < -0.3 is 19.3 Å². The molecule has 3 aromatic rings. The van der Waals surface area contributed by atoms with E-state index >= 15 is 0 Å². The van der Waals surface area contributed by atoms with Crippen LogP contribution in [0.2, 0.25) is 0 Å². The van der Waals surface area contributed by atoms with Crippen LogP contribution in [0.5, 0.6) is 11.5 Å². The van der Waals surface area contributed by atoms with E-state index < -0.39 is 0 Å². The smallest absolute Gasteiger partial charge is 0.246 e. The molecule has 2 aromatic heterocycles. The molecule has 1 amide bonds. The summed E-state index contributed by atoms with van der Waals surface area (Å²) in [6, 6.07) is 9.34. The number of carbonyl (C=O) groups is 1. The van der Waals surface area contributed by atoms with Crippen LogP contribution in [0.1, 0.15) is 11.5 Å². The number of benzene rings is 1. The SMILES string of the molecule is O=C(Cc1ccc2c(c1)OCCO2)NCc1nc(-c2cccs2)no1. The Labute approximate surface area is 147 Å². The topological polar surface area (TPSA) is 86.5 Å². The van der Waals surface area contributed by atoms with Gasteiger partial charge >= 0.3 is 0 Å². The molecule has 0 saturated carbocycles. The molecule has 25 heavy (non-hydrogen) atoms. The minimum Gasteiger partial charge on any atom is -0.486 e. The van der Waals surface area contributed by atoms with Gasteiger partial charge in [-0.2, -0.15) is 4.98 Å². The lowest BCUT2D eigenvalue weighted by Crippen LogP contribution is -2.24. The van der Waals surface area contributed by atoms with E-state index in [0.29, 0.717) is 36.4 Å². The van der Waals surface area contributed by atoms with Crippen molar-refractivity contribution in [1.82, 2.24) is 15.5 Å². The van der Waals surface area contributed by atoms with Gasteiger partial charge in [-0.15, -0.1) is 11.3 Å². The Morgan fingerprint density at radius 1 is 1.20 bits per heavy atom. The average Bonchev–Trinajstić information content (AvgIpc) is 3.31. The molecule has 3 heterocycles. The lowest BCUT2D eigenvalue weighted by molar-refractivity contribution is -0.120. The van der Waals surface area contributed by atoms with Crippen molar-refractivity contribution < 1.29 is 18.8 Å². The number of hydrogen-bond donors (Lipinski definition) is 1. The Bertz CT molecular complexity index is 876. The Balaban J connectivity index is 1.33. The molecule has 0 bridgehead atoms. The number of fused-ring (bicyclic) bond motifs is 1. The highest BCUT2D eigenvalue weighted by Crippen LogP contribution is 2.30. The van der Waals surface area contributed by atoms with Crippen LogP contribution >= 0.6 is 11.3 Å². The molecule has 0 atom stereocenters. The van der Waals surface area contributed by atoms with Crippen LogP contribution in [0.3, 0.4) is 0 Å². The van der Waals surface area contributed by atoms with Gasteiger partial charge in [-0.3, -0.25) is 4.79 Å². The van der Waals surface area contributed by atoms with Crippen molar-refractivity contribution in [1.29, 1.82) is 0 Å². The number of hydrogen-bond acceptors (Lipinski definition) is 7. The molecule has 0 saturated heterocycles. The fourth-order valence-electron chi connectivity index (χ4n) is 2.45. The van der Waals surface area contributed by atoms with Gasteiger partial charge in [0, 0.05) is 0 Å². The lowest BCUT2D eigenvalue weighted by Gasteiger charge is -2.18. The van der Waals surface area contributed by atoms with Crippen molar-refractivity contribution in [2.75, 3.05) is 13.2 Å². The standard InChI is InChI=1S/C17H15N3O4S/c21-15(9-11-3-4-12-13(8-11)23-6-5-22-12)18-10-16-19-17(20-24-16)14-2-1-7-25-14/h1-4,7-8H,5-6,9-10H2,(H,18,21). The maximum atomic E-state index is 12.1. The first-order chi connectivity index (χ1) is 12.3. The number of ether oxygens (including phenoxy) is 2. The van der Waals surface area contributed by atoms with Crippen molar-refractivity contribution in [3.8, 4) is 22.2 Å². The fourth-order valence-corrected chi connectivity index (χ4v) is 3.10. The van der Waals surface area contributed by atoms with Crippen LogP contribution in [0.4, 0.5) is 0 Å². The van der Waals surface area contributed by atoms with E-state index in [1.165, 1.54) is 11.3 Å². The second-order valence-electron chi connectivity index (χ2n) is 5.42. The van der Waals surface area contributed by atoms with Crippen molar-refractivity contribution in [2.45, 2.75) is 13.0 Å². The Morgan fingerprint density at radius 3 is 2.92 bits per heavy atom. The number of aromatic nitrogens is 2. The molecule has 1 aromatic carbocycles. The molecule has 0 unspecified atom stereocenters. The molecular formula is C17H15N3O4S. The van der Waals surface area contributed by atoms with Crippen LogP contribution < -0.4 is 14.8 Å². The van der Waals surface area contributed by atoms with Gasteiger partial charge in [-0.25, -0.2) is 0 Å². The summed E-state index contributed by atoms with van der Waals surface area (Å²) in [4.78, 5) is 17.3. The monoisotopic (exact) mass is 357 g/mol. The molecule has 4 rings (SSSR count). The highest BCUT2D eigenvalue weighted by Gasteiger charge is 2.14. The van der Waals surface area contributed by atoms with Crippen LogP contribution in [-0.2, 0) is 17.8 Å². The normalized spacial score (nSPS) is 12.8.